The van der Waals surface area contributed by atoms with Gasteiger partial charge in [-0.25, -0.2) is 0 Å². The molecule has 0 aliphatic heterocycles. The topological polar surface area (TPSA) is 58.6 Å². The van der Waals surface area contributed by atoms with Crippen molar-refractivity contribution in [3.8, 4) is 5.75 Å². The van der Waals surface area contributed by atoms with Gasteiger partial charge in [-0.3, -0.25) is 9.59 Å². The molecule has 0 aliphatic carbocycles. The standard InChI is InChI=1S/C18H22N2O3S/c1-3-23-16-6-4-14(5-7-16)12-20(2)17(21)8-10-19-18(22)15-9-11-24-13-15/h4-7,9,11,13H,3,8,10,12H2,1-2H3,(H,19,22). The number of rotatable bonds is 8. The molecule has 2 amide bonds. The molecule has 0 radical (unpaired) electrons. The highest BCUT2D eigenvalue weighted by Gasteiger charge is 2.11. The molecule has 0 bridgehead atoms. The molecule has 1 aromatic carbocycles. The van der Waals surface area contributed by atoms with Gasteiger partial charge in [0.25, 0.3) is 5.91 Å². The second kappa shape index (κ2) is 9.08. The van der Waals surface area contributed by atoms with Crippen LogP contribution in [0, 0.1) is 0 Å². The van der Waals surface area contributed by atoms with Crippen molar-refractivity contribution in [3.05, 3.63) is 52.2 Å². The van der Waals surface area contributed by atoms with Crippen molar-refractivity contribution in [1.82, 2.24) is 10.2 Å². The predicted octanol–water partition coefficient (Wildman–Crippen LogP) is 2.93. The maximum Gasteiger partial charge on any atom is 0.252 e. The Morgan fingerprint density at radius 3 is 2.58 bits per heavy atom. The molecule has 1 aromatic heterocycles. The summed E-state index contributed by atoms with van der Waals surface area (Å²) in [6, 6.07) is 9.47. The van der Waals surface area contributed by atoms with Crippen LogP contribution in [0.4, 0.5) is 0 Å². The van der Waals surface area contributed by atoms with Gasteiger partial charge in [-0.2, -0.15) is 11.3 Å². The lowest BCUT2D eigenvalue weighted by molar-refractivity contribution is -0.130. The number of thiophene rings is 1. The summed E-state index contributed by atoms with van der Waals surface area (Å²) in [5.74, 6) is 0.680. The maximum absolute atomic E-state index is 12.1. The first kappa shape index (κ1) is 18.0. The molecule has 1 heterocycles. The Bertz CT molecular complexity index is 653. The van der Waals surface area contributed by atoms with E-state index in [2.05, 4.69) is 5.32 Å². The van der Waals surface area contributed by atoms with Gasteiger partial charge in [0.2, 0.25) is 5.91 Å². The molecule has 0 spiro atoms. The van der Waals surface area contributed by atoms with E-state index in [0.717, 1.165) is 11.3 Å². The van der Waals surface area contributed by atoms with E-state index in [-0.39, 0.29) is 18.2 Å². The minimum Gasteiger partial charge on any atom is -0.494 e. The predicted molar refractivity (Wildman–Crippen MR) is 95.4 cm³/mol. The molecule has 0 saturated carbocycles. The zero-order valence-electron chi connectivity index (χ0n) is 14.0. The van der Waals surface area contributed by atoms with Crippen molar-refractivity contribution in [3.63, 3.8) is 0 Å². The van der Waals surface area contributed by atoms with E-state index < -0.39 is 0 Å². The molecule has 1 N–H and O–H groups in total. The van der Waals surface area contributed by atoms with Crippen LogP contribution >= 0.6 is 11.3 Å². The maximum atomic E-state index is 12.1. The number of benzene rings is 1. The number of nitrogens with zero attached hydrogens (tertiary/aromatic N) is 1. The van der Waals surface area contributed by atoms with Crippen LogP contribution in [0.15, 0.2) is 41.1 Å². The molecule has 5 nitrogen and oxygen atoms in total. The van der Waals surface area contributed by atoms with Crippen LogP contribution in [0.2, 0.25) is 0 Å². The third-order valence-electron chi connectivity index (χ3n) is 3.49. The lowest BCUT2D eigenvalue weighted by atomic mass is 10.2. The smallest absolute Gasteiger partial charge is 0.252 e. The minimum absolute atomic E-state index is 0.00509. The zero-order valence-corrected chi connectivity index (χ0v) is 14.8. The molecule has 6 heteroatoms. The van der Waals surface area contributed by atoms with Crippen LogP contribution in [-0.4, -0.2) is 36.9 Å². The molecular formula is C18H22N2O3S. The van der Waals surface area contributed by atoms with Crippen LogP contribution in [0.25, 0.3) is 0 Å². The third kappa shape index (κ3) is 5.38. The Morgan fingerprint density at radius 1 is 1.21 bits per heavy atom. The van der Waals surface area contributed by atoms with Crippen molar-refractivity contribution in [2.75, 3.05) is 20.2 Å². The van der Waals surface area contributed by atoms with Gasteiger partial charge >= 0.3 is 0 Å². The largest absolute Gasteiger partial charge is 0.494 e. The fourth-order valence-electron chi connectivity index (χ4n) is 2.19. The number of carbonyl (C=O) groups is 2. The first-order chi connectivity index (χ1) is 11.6. The zero-order chi connectivity index (χ0) is 17.4. The molecule has 0 atom stereocenters. The molecule has 128 valence electrons. The summed E-state index contributed by atoms with van der Waals surface area (Å²) >= 11 is 1.47. The summed E-state index contributed by atoms with van der Waals surface area (Å²) in [7, 11) is 1.76. The van der Waals surface area contributed by atoms with E-state index in [1.807, 2.05) is 36.6 Å². The van der Waals surface area contributed by atoms with E-state index in [0.29, 0.717) is 25.3 Å². The molecule has 0 saturated heterocycles. The quantitative estimate of drug-likeness (QED) is 0.799. The molecule has 0 unspecified atom stereocenters. The normalized spacial score (nSPS) is 10.2. The van der Waals surface area contributed by atoms with Crippen molar-refractivity contribution in [2.45, 2.75) is 19.9 Å². The number of amides is 2. The molecule has 24 heavy (non-hydrogen) atoms. The van der Waals surface area contributed by atoms with E-state index in [1.54, 1.807) is 23.4 Å². The van der Waals surface area contributed by atoms with Crippen LogP contribution in [0.1, 0.15) is 29.3 Å². The van der Waals surface area contributed by atoms with Gasteiger partial charge in [0, 0.05) is 37.5 Å². The molecule has 0 fully saturated rings. The van der Waals surface area contributed by atoms with E-state index >= 15 is 0 Å². The van der Waals surface area contributed by atoms with Gasteiger partial charge in [-0.15, -0.1) is 0 Å². The lowest BCUT2D eigenvalue weighted by Gasteiger charge is -2.17. The Morgan fingerprint density at radius 2 is 1.96 bits per heavy atom. The van der Waals surface area contributed by atoms with Gasteiger partial charge in [0.1, 0.15) is 5.75 Å². The van der Waals surface area contributed by atoms with E-state index in [9.17, 15) is 9.59 Å². The van der Waals surface area contributed by atoms with E-state index in [4.69, 9.17) is 4.74 Å². The Labute approximate surface area is 146 Å². The van der Waals surface area contributed by atoms with Crippen molar-refractivity contribution in [2.24, 2.45) is 0 Å². The first-order valence-electron chi connectivity index (χ1n) is 7.86. The van der Waals surface area contributed by atoms with Gasteiger partial charge in [-0.1, -0.05) is 12.1 Å². The Balaban J connectivity index is 1.74. The van der Waals surface area contributed by atoms with Gasteiger partial charge in [-0.05, 0) is 36.1 Å². The average molecular weight is 346 g/mol. The van der Waals surface area contributed by atoms with Gasteiger partial charge in [0.05, 0.1) is 6.61 Å². The fraction of sp³-hybridized carbons (Fsp3) is 0.333. The molecule has 0 aliphatic rings. The molecule has 2 rings (SSSR count). The summed E-state index contributed by atoms with van der Waals surface area (Å²) in [6.07, 6.45) is 0.281. The lowest BCUT2D eigenvalue weighted by Crippen LogP contribution is -2.31. The fourth-order valence-corrected chi connectivity index (χ4v) is 2.83. The van der Waals surface area contributed by atoms with Crippen molar-refractivity contribution < 1.29 is 14.3 Å². The highest BCUT2D eigenvalue weighted by molar-refractivity contribution is 7.08. The summed E-state index contributed by atoms with van der Waals surface area (Å²) in [4.78, 5) is 25.6. The van der Waals surface area contributed by atoms with Crippen LogP contribution in [0.5, 0.6) is 5.75 Å². The number of carbonyl (C=O) groups excluding carboxylic acids is 2. The number of nitrogens with one attached hydrogen (secondary N) is 1. The Hall–Kier alpha value is -2.34. The Kier molecular flexibility index (Phi) is 6.81. The summed E-state index contributed by atoms with van der Waals surface area (Å²) in [5.41, 5.74) is 1.67. The SMILES string of the molecule is CCOc1ccc(CN(C)C(=O)CCNC(=O)c2ccsc2)cc1. The second-order valence-corrected chi connectivity index (χ2v) is 6.12. The van der Waals surface area contributed by atoms with Crippen LogP contribution in [0.3, 0.4) is 0 Å². The number of hydrogen-bond donors (Lipinski definition) is 1. The summed E-state index contributed by atoms with van der Waals surface area (Å²) in [5, 5.41) is 6.40. The first-order valence-corrected chi connectivity index (χ1v) is 8.80. The minimum atomic E-state index is -0.141. The third-order valence-corrected chi connectivity index (χ3v) is 4.17. The average Bonchev–Trinajstić information content (AvgIpc) is 3.11. The summed E-state index contributed by atoms with van der Waals surface area (Å²) in [6.45, 7) is 3.44. The molecule has 2 aromatic rings. The number of hydrogen-bond acceptors (Lipinski definition) is 4. The summed E-state index contributed by atoms with van der Waals surface area (Å²) < 4.78 is 5.40. The van der Waals surface area contributed by atoms with E-state index in [1.165, 1.54) is 11.3 Å². The van der Waals surface area contributed by atoms with Gasteiger partial charge in [0.15, 0.2) is 0 Å². The highest BCUT2D eigenvalue weighted by Crippen LogP contribution is 2.13. The van der Waals surface area contributed by atoms with Crippen molar-refractivity contribution >= 4 is 23.2 Å². The van der Waals surface area contributed by atoms with Crippen LogP contribution < -0.4 is 10.1 Å². The van der Waals surface area contributed by atoms with Gasteiger partial charge < -0.3 is 15.0 Å². The second-order valence-electron chi connectivity index (χ2n) is 5.34. The highest BCUT2D eigenvalue weighted by atomic mass is 32.1. The molecular weight excluding hydrogens is 324 g/mol. The van der Waals surface area contributed by atoms with Crippen molar-refractivity contribution in [1.29, 1.82) is 0 Å². The number of ether oxygens (including phenoxy) is 1. The monoisotopic (exact) mass is 346 g/mol. The van der Waals surface area contributed by atoms with Crippen LogP contribution in [-0.2, 0) is 11.3 Å².